The third-order valence-electron chi connectivity index (χ3n) is 2.87. The van der Waals surface area contributed by atoms with Crippen LogP contribution >= 0.6 is 0 Å². The Labute approximate surface area is 95.9 Å². The van der Waals surface area contributed by atoms with E-state index in [4.69, 9.17) is 11.5 Å². The maximum absolute atomic E-state index is 6.00. The van der Waals surface area contributed by atoms with Gasteiger partial charge in [-0.2, -0.15) is 0 Å². The van der Waals surface area contributed by atoms with Gasteiger partial charge in [0.2, 0.25) is 0 Å². The minimum Gasteiger partial charge on any atom is -0.398 e. The van der Waals surface area contributed by atoms with Gasteiger partial charge in [0.15, 0.2) is 0 Å². The van der Waals surface area contributed by atoms with Crippen molar-refractivity contribution >= 4 is 11.4 Å². The molecule has 0 fully saturated rings. The Morgan fingerprint density at radius 1 is 0.812 bits per heavy atom. The van der Waals surface area contributed by atoms with Crippen LogP contribution in [0.1, 0.15) is 11.1 Å². The number of nitrogens with two attached hydrogens (primary N) is 2. The zero-order valence-electron chi connectivity index (χ0n) is 9.62. The molecule has 2 aromatic carbocycles. The first-order valence-electron chi connectivity index (χ1n) is 5.31. The highest BCUT2D eigenvalue weighted by Gasteiger charge is 2.07. The lowest BCUT2D eigenvalue weighted by molar-refractivity contribution is 1.43. The van der Waals surface area contributed by atoms with Crippen LogP contribution in [0.25, 0.3) is 11.1 Å². The monoisotopic (exact) mass is 212 g/mol. The smallest absolute Gasteiger partial charge is 0.0394 e. The van der Waals surface area contributed by atoms with Crippen molar-refractivity contribution in [3.8, 4) is 11.1 Å². The highest BCUT2D eigenvalue weighted by Crippen LogP contribution is 2.31. The number of hydrogen-bond donors (Lipinski definition) is 2. The van der Waals surface area contributed by atoms with Gasteiger partial charge in [0.25, 0.3) is 0 Å². The van der Waals surface area contributed by atoms with E-state index in [0.29, 0.717) is 0 Å². The highest BCUT2D eigenvalue weighted by molar-refractivity contribution is 5.81. The Balaban J connectivity index is 2.67. The summed E-state index contributed by atoms with van der Waals surface area (Å²) in [6.45, 7) is 4.08. The molecular weight excluding hydrogens is 196 g/mol. The van der Waals surface area contributed by atoms with Crippen LogP contribution < -0.4 is 11.5 Å². The molecule has 0 aliphatic rings. The SMILES string of the molecule is Cc1ccc(N)c(-c2cccc(N)c2C)c1. The fraction of sp³-hybridized carbons (Fsp3) is 0.143. The molecule has 0 unspecified atom stereocenters. The molecule has 0 atom stereocenters. The maximum Gasteiger partial charge on any atom is 0.0394 e. The molecule has 2 heteroatoms. The van der Waals surface area contributed by atoms with Crippen LogP contribution in [0, 0.1) is 13.8 Å². The van der Waals surface area contributed by atoms with Crippen molar-refractivity contribution in [1.29, 1.82) is 0 Å². The molecule has 2 rings (SSSR count). The summed E-state index contributed by atoms with van der Waals surface area (Å²) in [5, 5.41) is 0. The van der Waals surface area contributed by atoms with E-state index in [1.165, 1.54) is 5.56 Å². The third-order valence-corrected chi connectivity index (χ3v) is 2.87. The lowest BCUT2D eigenvalue weighted by Gasteiger charge is -2.11. The molecule has 0 heterocycles. The number of anilines is 2. The second kappa shape index (κ2) is 3.89. The van der Waals surface area contributed by atoms with Crippen molar-refractivity contribution in [3.05, 3.63) is 47.5 Å². The van der Waals surface area contributed by atoms with Crippen LogP contribution in [0.5, 0.6) is 0 Å². The first kappa shape index (κ1) is 10.6. The quantitative estimate of drug-likeness (QED) is 0.713. The van der Waals surface area contributed by atoms with Gasteiger partial charge >= 0.3 is 0 Å². The van der Waals surface area contributed by atoms with E-state index in [1.54, 1.807) is 0 Å². The first-order chi connectivity index (χ1) is 7.59. The van der Waals surface area contributed by atoms with Crippen molar-refractivity contribution in [1.82, 2.24) is 0 Å². The van der Waals surface area contributed by atoms with Crippen LogP contribution in [-0.4, -0.2) is 0 Å². The summed E-state index contributed by atoms with van der Waals surface area (Å²) in [4.78, 5) is 0. The van der Waals surface area contributed by atoms with Gasteiger partial charge in [0, 0.05) is 16.9 Å². The Kier molecular flexibility index (Phi) is 2.57. The molecule has 0 radical (unpaired) electrons. The lowest BCUT2D eigenvalue weighted by Crippen LogP contribution is -1.95. The van der Waals surface area contributed by atoms with Gasteiger partial charge in [-0.3, -0.25) is 0 Å². The number of rotatable bonds is 1. The van der Waals surface area contributed by atoms with Crippen LogP contribution in [-0.2, 0) is 0 Å². The summed E-state index contributed by atoms with van der Waals surface area (Å²) in [7, 11) is 0. The van der Waals surface area contributed by atoms with Gasteiger partial charge in [-0.15, -0.1) is 0 Å². The van der Waals surface area contributed by atoms with E-state index >= 15 is 0 Å². The Hall–Kier alpha value is -1.96. The number of nitrogen functional groups attached to an aromatic ring is 2. The summed E-state index contributed by atoms with van der Waals surface area (Å²) in [5.74, 6) is 0. The third kappa shape index (κ3) is 1.74. The van der Waals surface area contributed by atoms with Gasteiger partial charge in [-0.1, -0.05) is 23.8 Å². The van der Waals surface area contributed by atoms with Crippen molar-refractivity contribution < 1.29 is 0 Å². The molecule has 0 aromatic heterocycles. The fourth-order valence-electron chi connectivity index (χ4n) is 1.85. The Bertz CT molecular complexity index is 530. The maximum atomic E-state index is 6.00. The fourth-order valence-corrected chi connectivity index (χ4v) is 1.85. The van der Waals surface area contributed by atoms with E-state index in [9.17, 15) is 0 Å². The predicted molar refractivity (Wildman–Crippen MR) is 70.2 cm³/mol. The van der Waals surface area contributed by atoms with Crippen LogP contribution in [0.3, 0.4) is 0 Å². The molecule has 0 aliphatic carbocycles. The minimum absolute atomic E-state index is 0.791. The molecule has 0 saturated carbocycles. The molecule has 2 nitrogen and oxygen atoms in total. The van der Waals surface area contributed by atoms with E-state index < -0.39 is 0 Å². The van der Waals surface area contributed by atoms with Gasteiger partial charge in [-0.05, 0) is 43.2 Å². The summed E-state index contributed by atoms with van der Waals surface area (Å²) in [6.07, 6.45) is 0. The number of aryl methyl sites for hydroxylation is 1. The number of benzene rings is 2. The molecule has 0 spiro atoms. The second-order valence-corrected chi connectivity index (χ2v) is 4.11. The summed E-state index contributed by atoms with van der Waals surface area (Å²) in [5.41, 5.74) is 18.0. The minimum atomic E-state index is 0.791. The second-order valence-electron chi connectivity index (χ2n) is 4.11. The molecule has 0 aliphatic heterocycles. The zero-order valence-corrected chi connectivity index (χ0v) is 9.62. The van der Waals surface area contributed by atoms with E-state index in [-0.39, 0.29) is 0 Å². The van der Waals surface area contributed by atoms with Crippen molar-refractivity contribution in [2.75, 3.05) is 11.5 Å². The molecule has 4 N–H and O–H groups in total. The molecule has 2 aromatic rings. The summed E-state index contributed by atoms with van der Waals surface area (Å²) >= 11 is 0. The Morgan fingerprint density at radius 3 is 2.31 bits per heavy atom. The average Bonchev–Trinajstić information content (AvgIpc) is 2.26. The van der Waals surface area contributed by atoms with Gasteiger partial charge in [0.1, 0.15) is 0 Å². The first-order valence-corrected chi connectivity index (χ1v) is 5.31. The molecular formula is C14H16N2. The number of hydrogen-bond acceptors (Lipinski definition) is 2. The lowest BCUT2D eigenvalue weighted by atomic mass is 9.96. The summed E-state index contributed by atoms with van der Waals surface area (Å²) < 4.78 is 0. The predicted octanol–water partition coefficient (Wildman–Crippen LogP) is 3.13. The van der Waals surface area contributed by atoms with E-state index in [1.807, 2.05) is 31.2 Å². The van der Waals surface area contributed by atoms with Crippen molar-refractivity contribution in [2.24, 2.45) is 0 Å². The largest absolute Gasteiger partial charge is 0.398 e. The zero-order chi connectivity index (χ0) is 11.7. The van der Waals surface area contributed by atoms with Gasteiger partial charge < -0.3 is 11.5 Å². The molecule has 0 amide bonds. The van der Waals surface area contributed by atoms with Crippen LogP contribution in [0.15, 0.2) is 36.4 Å². The normalized spacial score (nSPS) is 10.4. The standard InChI is InChI=1S/C14H16N2/c1-9-6-7-14(16)12(8-9)11-4-3-5-13(15)10(11)2/h3-8H,15-16H2,1-2H3. The van der Waals surface area contributed by atoms with Crippen molar-refractivity contribution in [2.45, 2.75) is 13.8 Å². The van der Waals surface area contributed by atoms with Crippen LogP contribution in [0.4, 0.5) is 11.4 Å². The highest BCUT2D eigenvalue weighted by atomic mass is 14.6. The topological polar surface area (TPSA) is 52.0 Å². The molecule has 16 heavy (non-hydrogen) atoms. The average molecular weight is 212 g/mol. The van der Waals surface area contributed by atoms with E-state index in [0.717, 1.165) is 28.1 Å². The molecule has 0 saturated heterocycles. The van der Waals surface area contributed by atoms with Gasteiger partial charge in [-0.25, -0.2) is 0 Å². The van der Waals surface area contributed by atoms with Gasteiger partial charge in [0.05, 0.1) is 0 Å². The molecule has 0 bridgehead atoms. The summed E-state index contributed by atoms with van der Waals surface area (Å²) in [6, 6.07) is 12.0. The van der Waals surface area contributed by atoms with Crippen molar-refractivity contribution in [3.63, 3.8) is 0 Å². The Morgan fingerprint density at radius 2 is 1.56 bits per heavy atom. The molecule has 82 valence electrons. The van der Waals surface area contributed by atoms with Crippen LogP contribution in [0.2, 0.25) is 0 Å². The van der Waals surface area contributed by atoms with E-state index in [2.05, 4.69) is 19.1 Å².